The molecule has 124 valence electrons. The molecule has 0 radical (unpaired) electrons. The zero-order valence-electron chi connectivity index (χ0n) is 13.8. The molecule has 0 aliphatic rings. The Morgan fingerprint density at radius 3 is 2.74 bits per heavy atom. The maximum atomic E-state index is 12.1. The lowest BCUT2D eigenvalue weighted by Crippen LogP contribution is -3.09. The molecule has 0 fully saturated rings. The van der Waals surface area contributed by atoms with Gasteiger partial charge in [-0.25, -0.2) is 4.98 Å². The molecule has 1 aromatic heterocycles. The van der Waals surface area contributed by atoms with Crippen molar-refractivity contribution in [2.45, 2.75) is 32.9 Å². The van der Waals surface area contributed by atoms with E-state index < -0.39 is 0 Å². The second-order valence-electron chi connectivity index (χ2n) is 6.78. The van der Waals surface area contributed by atoms with Crippen molar-refractivity contribution in [2.75, 3.05) is 13.6 Å². The third kappa shape index (κ3) is 5.04. The van der Waals surface area contributed by atoms with Crippen LogP contribution in [-0.4, -0.2) is 35.0 Å². The average Bonchev–Trinajstić information content (AvgIpc) is 2.34. The van der Waals surface area contributed by atoms with Crippen LogP contribution in [0.5, 0.6) is 0 Å². The lowest BCUT2D eigenvalue weighted by atomic mass is 10.1. The van der Waals surface area contributed by atoms with Gasteiger partial charge in [-0.2, -0.15) is 0 Å². The molecule has 0 bridgehead atoms. The number of quaternary nitrogens is 1. The van der Waals surface area contributed by atoms with Crippen LogP contribution in [0.25, 0.3) is 10.9 Å². The Morgan fingerprint density at radius 1 is 1.39 bits per heavy atom. The molecular formula is C16H22ClN4O2+. The van der Waals surface area contributed by atoms with Crippen LogP contribution in [-0.2, 0) is 11.3 Å². The highest BCUT2D eigenvalue weighted by Crippen LogP contribution is 2.14. The summed E-state index contributed by atoms with van der Waals surface area (Å²) in [6, 6.07) is 4.98. The number of nitrogens with zero attached hydrogens (tertiary/aromatic N) is 1. The number of hydrogen-bond donors (Lipinski definition) is 3. The predicted molar refractivity (Wildman–Crippen MR) is 90.7 cm³/mol. The summed E-state index contributed by atoms with van der Waals surface area (Å²) < 4.78 is 0. The van der Waals surface area contributed by atoms with Crippen LogP contribution in [0.1, 0.15) is 26.6 Å². The van der Waals surface area contributed by atoms with Gasteiger partial charge in [-0.3, -0.25) is 9.59 Å². The molecule has 1 amide bonds. The highest BCUT2D eigenvalue weighted by Gasteiger charge is 2.18. The molecule has 0 spiro atoms. The smallest absolute Gasteiger partial charge is 0.275 e. The number of H-pyrrole nitrogens is 1. The molecule has 6 nitrogen and oxygen atoms in total. The van der Waals surface area contributed by atoms with Gasteiger partial charge in [0.1, 0.15) is 6.54 Å². The minimum absolute atomic E-state index is 0.0406. The Hall–Kier alpha value is -1.92. The fourth-order valence-corrected chi connectivity index (χ4v) is 2.50. The fourth-order valence-electron chi connectivity index (χ4n) is 2.33. The summed E-state index contributed by atoms with van der Waals surface area (Å²) >= 11 is 5.95. The Kier molecular flexibility index (Phi) is 5.06. The highest BCUT2D eigenvalue weighted by atomic mass is 35.5. The molecule has 2 aromatic rings. The lowest BCUT2D eigenvalue weighted by Gasteiger charge is -2.21. The average molecular weight is 338 g/mol. The molecule has 23 heavy (non-hydrogen) atoms. The van der Waals surface area contributed by atoms with Crippen molar-refractivity contribution < 1.29 is 9.69 Å². The summed E-state index contributed by atoms with van der Waals surface area (Å²) in [5, 5.41) is 3.95. The summed E-state index contributed by atoms with van der Waals surface area (Å²) in [6.45, 7) is 6.55. The van der Waals surface area contributed by atoms with Crippen LogP contribution in [0, 0.1) is 0 Å². The van der Waals surface area contributed by atoms with Crippen LogP contribution < -0.4 is 15.8 Å². The minimum atomic E-state index is -0.260. The Bertz CT molecular complexity index is 780. The number of hydrogen-bond acceptors (Lipinski definition) is 3. The second kappa shape index (κ2) is 6.68. The van der Waals surface area contributed by atoms with E-state index in [2.05, 4.69) is 15.3 Å². The van der Waals surface area contributed by atoms with Crippen molar-refractivity contribution in [1.82, 2.24) is 15.3 Å². The number of carbonyl (C=O) groups is 1. The maximum absolute atomic E-state index is 12.1. The number of likely N-dealkylation sites (N-methyl/N-ethyl adjacent to an activating group) is 1. The molecular weight excluding hydrogens is 316 g/mol. The van der Waals surface area contributed by atoms with Gasteiger partial charge in [0.15, 0.2) is 12.4 Å². The van der Waals surface area contributed by atoms with Gasteiger partial charge in [0.05, 0.1) is 18.0 Å². The summed E-state index contributed by atoms with van der Waals surface area (Å²) in [4.78, 5) is 32.1. The van der Waals surface area contributed by atoms with Gasteiger partial charge in [-0.05, 0) is 39.0 Å². The first-order chi connectivity index (χ1) is 10.6. The Balaban J connectivity index is 2.12. The van der Waals surface area contributed by atoms with E-state index in [0.29, 0.717) is 34.8 Å². The molecule has 0 aliphatic carbocycles. The van der Waals surface area contributed by atoms with E-state index in [9.17, 15) is 9.59 Å². The summed E-state index contributed by atoms with van der Waals surface area (Å²) in [6.07, 6.45) is 0. The van der Waals surface area contributed by atoms with Crippen molar-refractivity contribution in [3.8, 4) is 0 Å². The predicted octanol–water partition coefficient (Wildman–Crippen LogP) is 0.506. The molecule has 1 heterocycles. The van der Waals surface area contributed by atoms with E-state index in [4.69, 9.17) is 11.6 Å². The van der Waals surface area contributed by atoms with Crippen LogP contribution in [0.4, 0.5) is 0 Å². The number of fused-ring (bicyclic) bond motifs is 1. The molecule has 3 N–H and O–H groups in total. The van der Waals surface area contributed by atoms with E-state index in [1.807, 2.05) is 27.8 Å². The van der Waals surface area contributed by atoms with Gasteiger partial charge in [0.25, 0.3) is 11.5 Å². The summed E-state index contributed by atoms with van der Waals surface area (Å²) in [5.41, 5.74) is 0.0979. The normalized spacial score (nSPS) is 13.1. The molecule has 0 saturated carbocycles. The van der Waals surface area contributed by atoms with E-state index >= 15 is 0 Å². The number of carbonyl (C=O) groups excluding carboxylic acids is 1. The van der Waals surface area contributed by atoms with Crippen LogP contribution >= 0.6 is 11.6 Å². The third-order valence-corrected chi connectivity index (χ3v) is 3.40. The highest BCUT2D eigenvalue weighted by molar-refractivity contribution is 6.31. The van der Waals surface area contributed by atoms with Gasteiger partial charge in [0.2, 0.25) is 0 Å². The number of halogens is 1. The van der Waals surface area contributed by atoms with Crippen LogP contribution in [0.2, 0.25) is 5.02 Å². The van der Waals surface area contributed by atoms with Gasteiger partial charge < -0.3 is 15.2 Å². The van der Waals surface area contributed by atoms with E-state index in [0.717, 1.165) is 4.90 Å². The molecule has 1 unspecified atom stereocenters. The number of amides is 1. The largest absolute Gasteiger partial charge is 0.347 e. The first-order valence-corrected chi connectivity index (χ1v) is 7.82. The molecule has 1 aromatic carbocycles. The first kappa shape index (κ1) is 17.4. The summed E-state index contributed by atoms with van der Waals surface area (Å²) in [5.74, 6) is 0.493. The SMILES string of the molecule is C[NH+](CC(=O)NC(C)(C)C)Cc1nc2cc(Cl)ccc2c(=O)[nH]1. The van der Waals surface area contributed by atoms with Gasteiger partial charge in [-0.15, -0.1) is 0 Å². The van der Waals surface area contributed by atoms with Crippen molar-refractivity contribution >= 4 is 28.4 Å². The third-order valence-electron chi connectivity index (χ3n) is 3.16. The van der Waals surface area contributed by atoms with Crippen LogP contribution in [0.15, 0.2) is 23.0 Å². The van der Waals surface area contributed by atoms with Crippen molar-refractivity contribution in [3.63, 3.8) is 0 Å². The van der Waals surface area contributed by atoms with Gasteiger partial charge in [0, 0.05) is 10.6 Å². The van der Waals surface area contributed by atoms with E-state index in [-0.39, 0.29) is 17.0 Å². The minimum Gasteiger partial charge on any atom is -0.347 e. The second-order valence-corrected chi connectivity index (χ2v) is 7.22. The Morgan fingerprint density at radius 2 is 2.09 bits per heavy atom. The van der Waals surface area contributed by atoms with Crippen LogP contribution in [0.3, 0.4) is 0 Å². The number of nitrogens with one attached hydrogen (secondary N) is 3. The summed E-state index contributed by atoms with van der Waals surface area (Å²) in [7, 11) is 1.88. The quantitative estimate of drug-likeness (QED) is 0.760. The van der Waals surface area contributed by atoms with Gasteiger partial charge in [-0.1, -0.05) is 11.6 Å². The number of rotatable bonds is 4. The standard InChI is InChI=1S/C16H21ClN4O2/c1-16(2,3)20-14(22)9-21(4)8-13-18-12-7-10(17)5-6-11(12)15(23)19-13/h5-7H,8-9H2,1-4H3,(H,20,22)(H,18,19,23)/p+1. The Labute approximate surface area is 139 Å². The molecule has 2 rings (SSSR count). The lowest BCUT2D eigenvalue weighted by molar-refractivity contribution is -0.886. The monoisotopic (exact) mass is 337 g/mol. The number of benzene rings is 1. The first-order valence-electron chi connectivity index (χ1n) is 7.45. The molecule has 0 aliphatic heterocycles. The number of aromatic nitrogens is 2. The zero-order valence-corrected chi connectivity index (χ0v) is 14.5. The topological polar surface area (TPSA) is 79.3 Å². The van der Waals surface area contributed by atoms with E-state index in [1.54, 1.807) is 18.2 Å². The zero-order chi connectivity index (χ0) is 17.2. The molecule has 1 atom stereocenters. The molecule has 0 saturated heterocycles. The number of aromatic amines is 1. The van der Waals surface area contributed by atoms with E-state index in [1.165, 1.54) is 0 Å². The van der Waals surface area contributed by atoms with Crippen molar-refractivity contribution in [3.05, 3.63) is 39.4 Å². The fraction of sp³-hybridized carbons (Fsp3) is 0.438. The van der Waals surface area contributed by atoms with Crippen molar-refractivity contribution in [2.24, 2.45) is 0 Å². The van der Waals surface area contributed by atoms with Gasteiger partial charge >= 0.3 is 0 Å². The van der Waals surface area contributed by atoms with Crippen molar-refractivity contribution in [1.29, 1.82) is 0 Å². The molecule has 7 heteroatoms. The maximum Gasteiger partial charge on any atom is 0.275 e.